The van der Waals surface area contributed by atoms with Crippen LogP contribution in [0.3, 0.4) is 0 Å². The van der Waals surface area contributed by atoms with Crippen LogP contribution >= 0.6 is 0 Å². The first-order valence-corrected chi connectivity index (χ1v) is 5.45. The molecule has 19 heavy (non-hydrogen) atoms. The van der Waals surface area contributed by atoms with Crippen molar-refractivity contribution in [1.82, 2.24) is 15.2 Å². The Hall–Kier alpha value is -2.44. The normalized spacial score (nSPS) is 12.2. The summed E-state index contributed by atoms with van der Waals surface area (Å²) in [5.41, 5.74) is 6.03. The molecule has 2 heterocycles. The van der Waals surface area contributed by atoms with Gasteiger partial charge in [0.2, 0.25) is 0 Å². The Balaban J connectivity index is 2.25. The lowest BCUT2D eigenvalue weighted by Gasteiger charge is -2.07. The molecular formula is C12H9F3N4. The van der Waals surface area contributed by atoms with Crippen LogP contribution in [0.5, 0.6) is 0 Å². The fraction of sp³-hybridized carbons (Fsp3) is 0.0833. The van der Waals surface area contributed by atoms with Crippen molar-refractivity contribution in [1.29, 1.82) is 0 Å². The standard InChI is InChI=1S/C12H9F3N4/c13-12(14,15)8-3-1-2-6-7(5-17-11(6)8)9-4-10(16)19-18-9/h1-5,17H,(H3,16,18,19). The number of rotatable bonds is 1. The van der Waals surface area contributed by atoms with E-state index in [0.29, 0.717) is 16.6 Å². The number of nitrogen functional groups attached to an aromatic ring is 1. The van der Waals surface area contributed by atoms with Gasteiger partial charge in [0.15, 0.2) is 0 Å². The molecule has 0 aliphatic heterocycles. The second-order valence-electron chi connectivity index (χ2n) is 4.13. The summed E-state index contributed by atoms with van der Waals surface area (Å²) in [5, 5.41) is 6.92. The Labute approximate surface area is 105 Å². The average Bonchev–Trinajstić information content (AvgIpc) is 2.92. The molecule has 0 spiro atoms. The molecule has 0 unspecified atom stereocenters. The molecule has 0 aliphatic carbocycles. The highest BCUT2D eigenvalue weighted by atomic mass is 19.4. The number of benzene rings is 1. The molecule has 3 aromatic rings. The number of hydrogen-bond donors (Lipinski definition) is 3. The SMILES string of the molecule is Nc1cc(-c2c[nH]c3c(C(F)(F)F)cccc23)[nH]n1. The van der Waals surface area contributed by atoms with Crippen LogP contribution in [-0.4, -0.2) is 15.2 Å². The van der Waals surface area contributed by atoms with E-state index in [1.54, 1.807) is 12.1 Å². The lowest BCUT2D eigenvalue weighted by molar-refractivity contribution is -0.136. The summed E-state index contributed by atoms with van der Waals surface area (Å²) in [6.07, 6.45) is -2.89. The monoisotopic (exact) mass is 266 g/mol. The number of nitrogens with zero attached hydrogens (tertiary/aromatic N) is 1. The first-order chi connectivity index (χ1) is 8.97. The third kappa shape index (κ3) is 1.83. The van der Waals surface area contributed by atoms with Crippen LogP contribution in [0, 0.1) is 0 Å². The molecule has 0 bridgehead atoms. The molecule has 0 fully saturated rings. The molecule has 3 rings (SSSR count). The van der Waals surface area contributed by atoms with Gasteiger partial charge in [-0.2, -0.15) is 18.3 Å². The van der Waals surface area contributed by atoms with Gasteiger partial charge in [-0.15, -0.1) is 0 Å². The summed E-state index contributed by atoms with van der Waals surface area (Å²) in [7, 11) is 0. The molecule has 4 N–H and O–H groups in total. The minimum atomic E-state index is -4.39. The van der Waals surface area contributed by atoms with Gasteiger partial charge in [-0.25, -0.2) is 0 Å². The molecular weight excluding hydrogens is 257 g/mol. The van der Waals surface area contributed by atoms with Crippen LogP contribution in [-0.2, 0) is 6.18 Å². The molecule has 0 amide bonds. The van der Waals surface area contributed by atoms with Crippen LogP contribution in [0.25, 0.3) is 22.2 Å². The quantitative estimate of drug-likeness (QED) is 0.633. The first kappa shape index (κ1) is 11.6. The van der Waals surface area contributed by atoms with Gasteiger partial charge < -0.3 is 10.7 Å². The van der Waals surface area contributed by atoms with E-state index in [2.05, 4.69) is 15.2 Å². The van der Waals surface area contributed by atoms with Gasteiger partial charge in [0, 0.05) is 23.2 Å². The Bertz CT molecular complexity index is 739. The van der Waals surface area contributed by atoms with Gasteiger partial charge in [-0.05, 0) is 6.07 Å². The maximum atomic E-state index is 12.9. The fourth-order valence-corrected chi connectivity index (χ4v) is 2.09. The Morgan fingerprint density at radius 1 is 1.21 bits per heavy atom. The van der Waals surface area contributed by atoms with Gasteiger partial charge in [-0.3, -0.25) is 5.10 Å². The highest BCUT2D eigenvalue weighted by molar-refractivity contribution is 5.96. The number of aromatic nitrogens is 3. The maximum absolute atomic E-state index is 12.9. The minimum absolute atomic E-state index is 0.0539. The van der Waals surface area contributed by atoms with Crippen molar-refractivity contribution < 1.29 is 13.2 Å². The smallest absolute Gasteiger partial charge is 0.382 e. The number of halogens is 3. The fourth-order valence-electron chi connectivity index (χ4n) is 2.09. The van der Waals surface area contributed by atoms with Crippen molar-refractivity contribution in [3.8, 4) is 11.3 Å². The zero-order chi connectivity index (χ0) is 13.6. The number of nitrogens with two attached hydrogens (primary N) is 1. The number of aromatic amines is 2. The molecule has 0 radical (unpaired) electrons. The van der Waals surface area contributed by atoms with Gasteiger partial charge in [-0.1, -0.05) is 12.1 Å². The number of hydrogen-bond acceptors (Lipinski definition) is 2. The summed E-state index contributed by atoms with van der Waals surface area (Å²) < 4.78 is 38.6. The van der Waals surface area contributed by atoms with Crippen molar-refractivity contribution >= 4 is 16.7 Å². The maximum Gasteiger partial charge on any atom is 0.418 e. The van der Waals surface area contributed by atoms with Crippen molar-refractivity contribution in [3.05, 3.63) is 36.0 Å². The van der Waals surface area contributed by atoms with Gasteiger partial charge in [0.05, 0.1) is 16.8 Å². The molecule has 7 heteroatoms. The number of alkyl halides is 3. The lowest BCUT2D eigenvalue weighted by Crippen LogP contribution is -2.05. The van der Waals surface area contributed by atoms with E-state index in [1.165, 1.54) is 12.3 Å². The highest BCUT2D eigenvalue weighted by Gasteiger charge is 2.33. The predicted octanol–water partition coefficient (Wildman–Crippen LogP) is 3.16. The van der Waals surface area contributed by atoms with Crippen LogP contribution < -0.4 is 5.73 Å². The summed E-state index contributed by atoms with van der Waals surface area (Å²) in [4.78, 5) is 2.66. The van der Waals surface area contributed by atoms with Crippen molar-refractivity contribution in [2.45, 2.75) is 6.18 Å². The predicted molar refractivity (Wildman–Crippen MR) is 65.3 cm³/mol. The van der Waals surface area contributed by atoms with E-state index in [0.717, 1.165) is 6.07 Å². The minimum Gasteiger partial charge on any atom is -0.382 e. The van der Waals surface area contributed by atoms with Crippen molar-refractivity contribution in [3.63, 3.8) is 0 Å². The highest BCUT2D eigenvalue weighted by Crippen LogP contribution is 2.37. The third-order valence-electron chi connectivity index (χ3n) is 2.91. The summed E-state index contributed by atoms with van der Waals surface area (Å²) in [5.74, 6) is 0.288. The zero-order valence-electron chi connectivity index (χ0n) is 9.55. The van der Waals surface area contributed by atoms with Crippen molar-refractivity contribution in [2.24, 2.45) is 0 Å². The van der Waals surface area contributed by atoms with E-state index in [4.69, 9.17) is 5.73 Å². The third-order valence-corrected chi connectivity index (χ3v) is 2.91. The van der Waals surface area contributed by atoms with Gasteiger partial charge in [0.1, 0.15) is 5.82 Å². The molecule has 0 saturated carbocycles. The number of H-pyrrole nitrogens is 2. The summed E-state index contributed by atoms with van der Waals surface area (Å²) in [6, 6.07) is 5.61. The summed E-state index contributed by atoms with van der Waals surface area (Å²) >= 11 is 0. The van der Waals surface area contributed by atoms with Crippen LogP contribution in [0.15, 0.2) is 30.5 Å². The zero-order valence-corrected chi connectivity index (χ0v) is 9.55. The van der Waals surface area contributed by atoms with Gasteiger partial charge >= 0.3 is 6.18 Å². The van der Waals surface area contributed by atoms with Crippen LogP contribution in [0.4, 0.5) is 19.0 Å². The average molecular weight is 266 g/mol. The lowest BCUT2D eigenvalue weighted by atomic mass is 10.1. The van der Waals surface area contributed by atoms with E-state index < -0.39 is 11.7 Å². The van der Waals surface area contributed by atoms with Crippen LogP contribution in [0.2, 0.25) is 0 Å². The number of anilines is 1. The van der Waals surface area contributed by atoms with E-state index in [9.17, 15) is 13.2 Å². The number of para-hydroxylation sites is 1. The first-order valence-electron chi connectivity index (χ1n) is 5.45. The molecule has 4 nitrogen and oxygen atoms in total. The topological polar surface area (TPSA) is 70.5 Å². The Morgan fingerprint density at radius 2 is 2.00 bits per heavy atom. The molecule has 0 saturated heterocycles. The van der Waals surface area contributed by atoms with Crippen LogP contribution in [0.1, 0.15) is 5.56 Å². The molecule has 0 atom stereocenters. The molecule has 1 aromatic carbocycles. The molecule has 0 aliphatic rings. The Morgan fingerprint density at radius 3 is 2.63 bits per heavy atom. The number of nitrogens with one attached hydrogen (secondary N) is 2. The van der Waals surface area contributed by atoms with E-state index in [-0.39, 0.29) is 11.3 Å². The van der Waals surface area contributed by atoms with E-state index in [1.807, 2.05) is 0 Å². The second-order valence-corrected chi connectivity index (χ2v) is 4.13. The largest absolute Gasteiger partial charge is 0.418 e. The summed E-state index contributed by atoms with van der Waals surface area (Å²) in [6.45, 7) is 0. The molecule has 2 aromatic heterocycles. The molecule has 98 valence electrons. The second kappa shape index (κ2) is 3.78. The van der Waals surface area contributed by atoms with E-state index >= 15 is 0 Å². The Kier molecular flexibility index (Phi) is 2.31. The number of fused-ring (bicyclic) bond motifs is 1. The van der Waals surface area contributed by atoms with Gasteiger partial charge in [0.25, 0.3) is 0 Å². The van der Waals surface area contributed by atoms with Crippen molar-refractivity contribution in [2.75, 3.05) is 5.73 Å².